The molecule has 1 aromatic carbocycles. The number of benzene rings is 1. The Morgan fingerprint density at radius 3 is 2.85 bits per heavy atom. The average Bonchev–Trinajstić information content (AvgIpc) is 3.30. The fourth-order valence-electron chi connectivity index (χ4n) is 4.43. The first kappa shape index (κ1) is 18.0. The van der Waals surface area contributed by atoms with Gasteiger partial charge in [-0.05, 0) is 37.2 Å². The Balaban J connectivity index is 1.44. The summed E-state index contributed by atoms with van der Waals surface area (Å²) in [6.07, 6.45) is 3.38. The Kier molecular flexibility index (Phi) is 5.41. The Bertz CT molecular complexity index is 781. The van der Waals surface area contributed by atoms with E-state index in [1.165, 1.54) is 12.0 Å². The van der Waals surface area contributed by atoms with Gasteiger partial charge in [0.25, 0.3) is 0 Å². The quantitative estimate of drug-likeness (QED) is 0.668. The van der Waals surface area contributed by atoms with Gasteiger partial charge in [-0.1, -0.05) is 37.3 Å². The third-order valence-corrected chi connectivity index (χ3v) is 5.82. The predicted molar refractivity (Wildman–Crippen MR) is 108 cm³/mol. The van der Waals surface area contributed by atoms with Gasteiger partial charge in [0.2, 0.25) is 0 Å². The summed E-state index contributed by atoms with van der Waals surface area (Å²) in [5, 5.41) is 12.1. The molecule has 0 aliphatic carbocycles. The second kappa shape index (κ2) is 8.11. The molecule has 1 N–H and O–H groups in total. The molecule has 4 rings (SSSR count). The molecule has 6 heteroatoms. The van der Waals surface area contributed by atoms with E-state index in [9.17, 15) is 0 Å². The zero-order chi connectivity index (χ0) is 18.6. The molecule has 0 amide bonds. The van der Waals surface area contributed by atoms with Crippen LogP contribution >= 0.6 is 0 Å². The van der Waals surface area contributed by atoms with E-state index in [1.807, 2.05) is 0 Å². The van der Waals surface area contributed by atoms with Crippen LogP contribution in [0.2, 0.25) is 0 Å². The highest BCUT2D eigenvalue weighted by molar-refractivity contribution is 5.80. The van der Waals surface area contributed by atoms with Crippen molar-refractivity contribution in [2.75, 3.05) is 19.6 Å². The summed E-state index contributed by atoms with van der Waals surface area (Å²) in [6.45, 7) is 9.07. The highest BCUT2D eigenvalue weighted by Crippen LogP contribution is 2.32. The minimum atomic E-state index is 0.599. The van der Waals surface area contributed by atoms with Crippen LogP contribution in [0.3, 0.4) is 0 Å². The zero-order valence-corrected chi connectivity index (χ0v) is 16.4. The summed E-state index contributed by atoms with van der Waals surface area (Å²) >= 11 is 0. The van der Waals surface area contributed by atoms with Crippen molar-refractivity contribution in [1.29, 1.82) is 0 Å². The van der Waals surface area contributed by atoms with Crippen molar-refractivity contribution in [3.05, 3.63) is 47.5 Å². The van der Waals surface area contributed by atoms with E-state index in [4.69, 9.17) is 4.99 Å². The Hall–Kier alpha value is -2.37. The number of hydrogen-bond acceptors (Lipinski definition) is 3. The van der Waals surface area contributed by atoms with Crippen molar-refractivity contribution < 1.29 is 0 Å². The molecule has 1 aromatic heterocycles. The third kappa shape index (κ3) is 3.84. The molecule has 3 heterocycles. The van der Waals surface area contributed by atoms with Gasteiger partial charge in [-0.3, -0.25) is 0 Å². The predicted octanol–water partition coefficient (Wildman–Crippen LogP) is 2.82. The first-order valence-corrected chi connectivity index (χ1v) is 10.3. The van der Waals surface area contributed by atoms with Gasteiger partial charge >= 0.3 is 0 Å². The van der Waals surface area contributed by atoms with Crippen LogP contribution in [-0.2, 0) is 19.5 Å². The van der Waals surface area contributed by atoms with E-state index >= 15 is 0 Å². The van der Waals surface area contributed by atoms with E-state index in [0.717, 1.165) is 56.6 Å². The zero-order valence-electron chi connectivity index (χ0n) is 16.4. The fourth-order valence-corrected chi connectivity index (χ4v) is 4.43. The number of rotatable bonds is 4. The van der Waals surface area contributed by atoms with Crippen LogP contribution < -0.4 is 5.32 Å². The lowest BCUT2D eigenvalue weighted by atomic mass is 9.82. The topological polar surface area (TPSA) is 58.3 Å². The van der Waals surface area contributed by atoms with Crippen molar-refractivity contribution in [3.8, 4) is 0 Å². The van der Waals surface area contributed by atoms with Crippen molar-refractivity contribution in [3.63, 3.8) is 0 Å². The normalized spacial score (nSPS) is 22.7. The standard InChI is InChI=1S/C21H30N6/c1-3-22-21(23-14-20-25-24-19-10-7-12-27(19)20)26-13-11-18(16(2)15-26)17-8-5-4-6-9-17/h4-6,8-9,16,18H,3,7,10-15H2,1-2H3,(H,22,23). The summed E-state index contributed by atoms with van der Waals surface area (Å²) in [6, 6.07) is 10.9. The van der Waals surface area contributed by atoms with Gasteiger partial charge < -0.3 is 14.8 Å². The van der Waals surface area contributed by atoms with Crippen molar-refractivity contribution in [2.24, 2.45) is 10.9 Å². The smallest absolute Gasteiger partial charge is 0.194 e. The number of aliphatic imine (C=N–C) groups is 1. The third-order valence-electron chi connectivity index (χ3n) is 5.82. The van der Waals surface area contributed by atoms with E-state index in [-0.39, 0.29) is 0 Å². The molecule has 2 aromatic rings. The number of likely N-dealkylation sites (tertiary alicyclic amines) is 1. The van der Waals surface area contributed by atoms with Gasteiger partial charge in [-0.25, -0.2) is 4.99 Å². The first-order chi connectivity index (χ1) is 13.3. The molecule has 2 aliphatic heterocycles. The van der Waals surface area contributed by atoms with E-state index in [1.54, 1.807) is 0 Å². The van der Waals surface area contributed by atoms with Crippen LogP contribution in [0.15, 0.2) is 35.3 Å². The number of nitrogens with zero attached hydrogens (tertiary/aromatic N) is 5. The van der Waals surface area contributed by atoms with Gasteiger partial charge in [0, 0.05) is 32.6 Å². The largest absolute Gasteiger partial charge is 0.357 e. The number of aromatic nitrogens is 3. The van der Waals surface area contributed by atoms with Crippen LogP contribution in [0, 0.1) is 5.92 Å². The summed E-state index contributed by atoms with van der Waals surface area (Å²) in [5.41, 5.74) is 1.46. The van der Waals surface area contributed by atoms with Gasteiger partial charge in [0.05, 0.1) is 0 Å². The SMILES string of the molecule is CCNC(=NCc1nnc2n1CCC2)N1CCC(c2ccccc2)C(C)C1. The molecular formula is C21H30N6. The van der Waals surface area contributed by atoms with Crippen LogP contribution in [-0.4, -0.2) is 45.3 Å². The molecule has 144 valence electrons. The molecule has 1 fully saturated rings. The van der Waals surface area contributed by atoms with Gasteiger partial charge in [-0.2, -0.15) is 0 Å². The summed E-state index contributed by atoms with van der Waals surface area (Å²) in [7, 11) is 0. The van der Waals surface area contributed by atoms with Crippen molar-refractivity contribution in [2.45, 2.75) is 52.1 Å². The van der Waals surface area contributed by atoms with Crippen LogP contribution in [0.5, 0.6) is 0 Å². The number of fused-ring (bicyclic) bond motifs is 1. The first-order valence-electron chi connectivity index (χ1n) is 10.3. The lowest BCUT2D eigenvalue weighted by Crippen LogP contribution is -2.48. The van der Waals surface area contributed by atoms with Gasteiger partial charge in [0.15, 0.2) is 11.8 Å². The molecule has 0 radical (unpaired) electrons. The van der Waals surface area contributed by atoms with Crippen LogP contribution in [0.4, 0.5) is 0 Å². The number of piperidine rings is 1. The van der Waals surface area contributed by atoms with Crippen LogP contribution in [0.25, 0.3) is 0 Å². The number of aryl methyl sites for hydroxylation is 1. The molecule has 2 aliphatic rings. The minimum absolute atomic E-state index is 0.599. The molecule has 6 nitrogen and oxygen atoms in total. The highest BCUT2D eigenvalue weighted by Gasteiger charge is 2.28. The van der Waals surface area contributed by atoms with E-state index < -0.39 is 0 Å². The summed E-state index contributed by atoms with van der Waals surface area (Å²) in [4.78, 5) is 7.31. The molecule has 2 unspecified atom stereocenters. The monoisotopic (exact) mass is 366 g/mol. The summed E-state index contributed by atoms with van der Waals surface area (Å²) < 4.78 is 2.23. The lowest BCUT2D eigenvalue weighted by molar-refractivity contribution is 0.234. The highest BCUT2D eigenvalue weighted by atomic mass is 15.3. The molecular weight excluding hydrogens is 336 g/mol. The van der Waals surface area contributed by atoms with Crippen molar-refractivity contribution >= 4 is 5.96 Å². The molecule has 0 spiro atoms. The average molecular weight is 367 g/mol. The number of nitrogens with one attached hydrogen (secondary N) is 1. The maximum Gasteiger partial charge on any atom is 0.194 e. The maximum atomic E-state index is 4.90. The minimum Gasteiger partial charge on any atom is -0.357 e. The summed E-state index contributed by atoms with van der Waals surface area (Å²) in [5.74, 6) is 4.34. The fraction of sp³-hybridized carbons (Fsp3) is 0.571. The Morgan fingerprint density at radius 1 is 1.22 bits per heavy atom. The molecule has 2 atom stereocenters. The lowest BCUT2D eigenvalue weighted by Gasteiger charge is -2.39. The Labute approximate surface area is 161 Å². The van der Waals surface area contributed by atoms with E-state index in [2.05, 4.69) is 69.2 Å². The second-order valence-electron chi connectivity index (χ2n) is 7.69. The van der Waals surface area contributed by atoms with Gasteiger partial charge in [0.1, 0.15) is 12.4 Å². The molecule has 0 bridgehead atoms. The van der Waals surface area contributed by atoms with Gasteiger partial charge in [-0.15, -0.1) is 10.2 Å². The van der Waals surface area contributed by atoms with Crippen molar-refractivity contribution in [1.82, 2.24) is 25.0 Å². The molecule has 27 heavy (non-hydrogen) atoms. The second-order valence-corrected chi connectivity index (χ2v) is 7.69. The Morgan fingerprint density at radius 2 is 2.07 bits per heavy atom. The number of guanidine groups is 1. The molecule has 0 saturated carbocycles. The van der Waals surface area contributed by atoms with E-state index in [0.29, 0.717) is 18.4 Å². The molecule has 1 saturated heterocycles. The maximum absolute atomic E-state index is 4.90. The number of hydrogen-bond donors (Lipinski definition) is 1. The van der Waals surface area contributed by atoms with Crippen LogP contribution in [0.1, 0.15) is 49.8 Å².